The minimum Gasteiger partial charge on any atom is -0.377 e. The second-order valence-electron chi connectivity index (χ2n) is 6.24. The molecule has 1 aliphatic heterocycles. The average Bonchev–Trinajstić information content (AvgIpc) is 3.20. The van der Waals surface area contributed by atoms with Crippen LogP contribution in [0.25, 0.3) is 0 Å². The molecular formula is C18H21ClN4O4S. The fourth-order valence-electron chi connectivity index (χ4n) is 2.80. The first kappa shape index (κ1) is 22.1. The number of halogens is 1. The molecule has 1 amide bonds. The molecule has 2 rings (SSSR count). The van der Waals surface area contributed by atoms with Crippen LogP contribution in [-0.2, 0) is 14.8 Å². The van der Waals surface area contributed by atoms with Crippen LogP contribution in [0.15, 0.2) is 23.1 Å². The van der Waals surface area contributed by atoms with Crippen molar-refractivity contribution in [1.82, 2.24) is 9.62 Å². The van der Waals surface area contributed by atoms with E-state index in [9.17, 15) is 13.2 Å². The van der Waals surface area contributed by atoms with Crippen molar-refractivity contribution in [3.8, 4) is 12.1 Å². The van der Waals surface area contributed by atoms with Crippen LogP contribution in [0.4, 0.5) is 0 Å². The van der Waals surface area contributed by atoms with Crippen LogP contribution < -0.4 is 4.72 Å². The van der Waals surface area contributed by atoms with Crippen molar-refractivity contribution < 1.29 is 17.9 Å². The summed E-state index contributed by atoms with van der Waals surface area (Å²) in [4.78, 5) is 13.9. The van der Waals surface area contributed by atoms with Gasteiger partial charge in [0.15, 0.2) is 0 Å². The first-order chi connectivity index (χ1) is 13.4. The van der Waals surface area contributed by atoms with Crippen molar-refractivity contribution in [2.45, 2.75) is 36.7 Å². The molecule has 10 heteroatoms. The number of ether oxygens (including phenoxy) is 1. The summed E-state index contributed by atoms with van der Waals surface area (Å²) in [7, 11) is -3.93. The molecule has 0 saturated carbocycles. The van der Waals surface area contributed by atoms with Gasteiger partial charge in [0.1, 0.15) is 4.90 Å². The van der Waals surface area contributed by atoms with Crippen molar-refractivity contribution >= 4 is 27.5 Å². The van der Waals surface area contributed by atoms with Crippen LogP contribution in [-0.4, -0.2) is 51.6 Å². The molecule has 0 aromatic heterocycles. The maximum atomic E-state index is 12.7. The molecule has 8 nitrogen and oxygen atoms in total. The lowest BCUT2D eigenvalue weighted by Gasteiger charge is -2.21. The highest BCUT2D eigenvalue weighted by atomic mass is 35.5. The second-order valence-corrected chi connectivity index (χ2v) is 8.38. The van der Waals surface area contributed by atoms with Gasteiger partial charge < -0.3 is 9.64 Å². The average molecular weight is 425 g/mol. The van der Waals surface area contributed by atoms with Crippen LogP contribution in [0, 0.1) is 22.7 Å². The smallest absolute Gasteiger partial charge is 0.253 e. The number of rotatable bonds is 9. The van der Waals surface area contributed by atoms with E-state index in [0.717, 1.165) is 12.8 Å². The monoisotopic (exact) mass is 424 g/mol. The topological polar surface area (TPSA) is 123 Å². The molecule has 1 saturated heterocycles. The lowest BCUT2D eigenvalue weighted by atomic mass is 10.2. The first-order valence-corrected chi connectivity index (χ1v) is 10.7. The molecule has 1 aromatic rings. The molecule has 1 aliphatic rings. The summed E-state index contributed by atoms with van der Waals surface area (Å²) in [5.41, 5.74) is 0.123. The Balaban J connectivity index is 2.21. The zero-order chi connectivity index (χ0) is 20.6. The maximum Gasteiger partial charge on any atom is 0.253 e. The zero-order valence-electron chi connectivity index (χ0n) is 15.2. The molecule has 150 valence electrons. The van der Waals surface area contributed by atoms with E-state index in [2.05, 4.69) is 4.72 Å². The van der Waals surface area contributed by atoms with E-state index < -0.39 is 15.9 Å². The van der Waals surface area contributed by atoms with E-state index in [1.54, 1.807) is 0 Å². The van der Waals surface area contributed by atoms with Crippen molar-refractivity contribution in [2.24, 2.45) is 0 Å². The number of carbonyl (C=O) groups is 1. The van der Waals surface area contributed by atoms with Crippen molar-refractivity contribution in [1.29, 1.82) is 10.5 Å². The summed E-state index contributed by atoms with van der Waals surface area (Å²) >= 11 is 6.07. The second kappa shape index (κ2) is 10.4. The number of sulfonamides is 1. The predicted molar refractivity (Wildman–Crippen MR) is 102 cm³/mol. The van der Waals surface area contributed by atoms with Crippen LogP contribution in [0.2, 0.25) is 5.02 Å². The highest BCUT2D eigenvalue weighted by molar-refractivity contribution is 7.89. The van der Waals surface area contributed by atoms with E-state index in [1.807, 2.05) is 12.1 Å². The number of amides is 1. The molecule has 0 aliphatic carbocycles. The molecule has 28 heavy (non-hydrogen) atoms. The Morgan fingerprint density at radius 3 is 2.54 bits per heavy atom. The standard InChI is InChI=1S/C18H21ClN4O4S/c19-16-6-5-14(18(24)23(9-2-7-20)10-3-8-21)12-17(16)28(25,26)22-13-15-4-1-11-27-15/h5-6,12,15,22H,1-4,9-11,13H2. The minimum atomic E-state index is -3.93. The highest BCUT2D eigenvalue weighted by Gasteiger charge is 2.24. The van der Waals surface area contributed by atoms with Gasteiger partial charge in [-0.3, -0.25) is 4.79 Å². The van der Waals surface area contributed by atoms with Crippen molar-refractivity contribution in [3.05, 3.63) is 28.8 Å². The molecule has 0 spiro atoms. The third-order valence-electron chi connectivity index (χ3n) is 4.27. The Morgan fingerprint density at radius 1 is 1.29 bits per heavy atom. The van der Waals surface area contributed by atoms with Crippen LogP contribution >= 0.6 is 11.6 Å². The van der Waals surface area contributed by atoms with Gasteiger partial charge >= 0.3 is 0 Å². The fraction of sp³-hybridized carbons (Fsp3) is 0.500. The zero-order valence-corrected chi connectivity index (χ0v) is 16.8. The van der Waals surface area contributed by atoms with Gasteiger partial charge in [-0.2, -0.15) is 10.5 Å². The molecule has 1 unspecified atom stereocenters. The number of benzene rings is 1. The number of hydrogen-bond acceptors (Lipinski definition) is 6. The maximum absolute atomic E-state index is 12.7. The molecule has 1 N–H and O–H groups in total. The van der Waals surface area contributed by atoms with E-state index in [-0.39, 0.29) is 54.1 Å². The van der Waals surface area contributed by atoms with E-state index in [1.165, 1.54) is 23.1 Å². The number of carbonyl (C=O) groups excluding carboxylic acids is 1. The number of nitriles is 2. The van der Waals surface area contributed by atoms with Gasteiger partial charge in [-0.1, -0.05) is 11.6 Å². The van der Waals surface area contributed by atoms with Crippen molar-refractivity contribution in [2.75, 3.05) is 26.2 Å². The number of nitrogens with zero attached hydrogens (tertiary/aromatic N) is 3. The molecule has 0 bridgehead atoms. The molecule has 1 heterocycles. The van der Waals surface area contributed by atoms with Crippen LogP contribution in [0.5, 0.6) is 0 Å². The van der Waals surface area contributed by atoms with Gasteiger partial charge in [0, 0.05) is 31.8 Å². The number of hydrogen-bond donors (Lipinski definition) is 1. The third-order valence-corrected chi connectivity index (χ3v) is 6.17. The lowest BCUT2D eigenvalue weighted by Crippen LogP contribution is -2.34. The fourth-order valence-corrected chi connectivity index (χ4v) is 4.39. The van der Waals surface area contributed by atoms with Gasteiger partial charge in [0.25, 0.3) is 5.91 Å². The largest absolute Gasteiger partial charge is 0.377 e. The predicted octanol–water partition coefficient (Wildman–Crippen LogP) is 2.07. The van der Waals surface area contributed by atoms with E-state index in [4.69, 9.17) is 26.9 Å². The molecular weight excluding hydrogens is 404 g/mol. The van der Waals surface area contributed by atoms with Gasteiger partial charge in [0.05, 0.1) is 36.1 Å². The molecule has 1 atom stereocenters. The Morgan fingerprint density at radius 2 is 1.96 bits per heavy atom. The van der Waals surface area contributed by atoms with Gasteiger partial charge in [-0.25, -0.2) is 13.1 Å². The molecule has 1 fully saturated rings. The Hall–Kier alpha value is -2.17. The Kier molecular flexibility index (Phi) is 8.21. The normalized spacial score (nSPS) is 16.3. The van der Waals surface area contributed by atoms with Crippen LogP contribution in [0.1, 0.15) is 36.0 Å². The summed E-state index contributed by atoms with van der Waals surface area (Å²) < 4.78 is 33.2. The lowest BCUT2D eigenvalue weighted by molar-refractivity contribution is 0.0762. The summed E-state index contributed by atoms with van der Waals surface area (Å²) in [5, 5.41) is 17.5. The SMILES string of the molecule is N#CCCN(CCC#N)C(=O)c1ccc(Cl)c(S(=O)(=O)NCC2CCCO2)c1. The van der Waals surface area contributed by atoms with Gasteiger partial charge in [-0.05, 0) is 31.0 Å². The summed E-state index contributed by atoms with van der Waals surface area (Å²) in [6.45, 7) is 1.05. The number of nitrogens with one attached hydrogen (secondary N) is 1. The molecule has 1 aromatic carbocycles. The molecule has 0 radical (unpaired) electrons. The summed E-state index contributed by atoms with van der Waals surface area (Å²) in [5.74, 6) is -0.460. The van der Waals surface area contributed by atoms with Crippen molar-refractivity contribution in [3.63, 3.8) is 0 Å². The minimum absolute atomic E-state index is 0.00279. The Bertz CT molecular complexity index is 868. The van der Waals surface area contributed by atoms with Crippen LogP contribution in [0.3, 0.4) is 0 Å². The summed E-state index contributed by atoms with van der Waals surface area (Å²) in [6.07, 6.45) is 1.71. The van der Waals surface area contributed by atoms with Gasteiger partial charge in [0.2, 0.25) is 10.0 Å². The highest BCUT2D eigenvalue weighted by Crippen LogP contribution is 2.24. The van der Waals surface area contributed by atoms with E-state index >= 15 is 0 Å². The first-order valence-electron chi connectivity index (χ1n) is 8.83. The summed E-state index contributed by atoms with van der Waals surface area (Å²) in [6, 6.07) is 7.90. The Labute approximate surface area is 169 Å². The van der Waals surface area contributed by atoms with Gasteiger partial charge in [-0.15, -0.1) is 0 Å². The quantitative estimate of drug-likeness (QED) is 0.647. The third kappa shape index (κ3) is 5.91. The van der Waals surface area contributed by atoms with E-state index in [0.29, 0.717) is 6.61 Å².